The fourth-order valence-electron chi connectivity index (χ4n) is 1.86. The molecule has 0 amide bonds. The van der Waals surface area contributed by atoms with E-state index in [4.69, 9.17) is 9.47 Å². The summed E-state index contributed by atoms with van der Waals surface area (Å²) < 4.78 is 25.2. The Bertz CT molecular complexity index is 646. The summed E-state index contributed by atoms with van der Waals surface area (Å²) in [4.78, 5) is 11.4. The quantitative estimate of drug-likeness (QED) is 0.544. The lowest BCUT2D eigenvalue weighted by Crippen LogP contribution is -2.09. The second-order valence-corrected chi connectivity index (χ2v) is 5.42. The van der Waals surface area contributed by atoms with Gasteiger partial charge >= 0.3 is 5.97 Å². The van der Waals surface area contributed by atoms with Crippen LogP contribution in [0.3, 0.4) is 0 Å². The largest absolute Gasteiger partial charge is 0.486 e. The molecule has 1 aromatic heterocycles. The fraction of sp³-hybridized carbons (Fsp3) is 0.400. The van der Waals surface area contributed by atoms with E-state index < -0.39 is 0 Å². The molecule has 0 bridgehead atoms. The third-order valence-electron chi connectivity index (χ3n) is 2.92. The molecule has 1 aromatic carbocycles. The van der Waals surface area contributed by atoms with Crippen LogP contribution in [0.15, 0.2) is 29.4 Å². The van der Waals surface area contributed by atoms with Gasteiger partial charge in [0.15, 0.2) is 11.0 Å². The highest BCUT2D eigenvalue weighted by Crippen LogP contribution is 2.19. The van der Waals surface area contributed by atoms with E-state index in [0.717, 1.165) is 0 Å². The van der Waals surface area contributed by atoms with E-state index in [1.54, 1.807) is 19.1 Å². The van der Waals surface area contributed by atoms with E-state index in [-0.39, 0.29) is 24.1 Å². The third kappa shape index (κ3) is 4.95. The summed E-state index contributed by atoms with van der Waals surface area (Å²) in [7, 11) is 0. The minimum Gasteiger partial charge on any atom is -0.486 e. The second-order valence-electron chi connectivity index (χ2n) is 4.48. The Hall–Kier alpha value is -2.09. The number of ether oxygens (including phenoxy) is 2. The van der Waals surface area contributed by atoms with Crippen molar-refractivity contribution in [3.8, 4) is 5.75 Å². The molecule has 0 fully saturated rings. The Morgan fingerprint density at radius 2 is 2.00 bits per heavy atom. The molecular formula is C15H18FN3O3S. The van der Waals surface area contributed by atoms with E-state index >= 15 is 0 Å². The molecule has 0 saturated carbocycles. The molecule has 6 nitrogen and oxygen atoms in total. The van der Waals surface area contributed by atoms with Gasteiger partial charge < -0.3 is 14.0 Å². The summed E-state index contributed by atoms with van der Waals surface area (Å²) in [6.45, 7) is 4.95. The number of aromatic nitrogens is 3. The Kier molecular flexibility index (Phi) is 6.40. The first kappa shape index (κ1) is 17.3. The van der Waals surface area contributed by atoms with Crippen LogP contribution in [0.25, 0.3) is 0 Å². The maximum atomic E-state index is 12.9. The van der Waals surface area contributed by atoms with Crippen LogP contribution < -0.4 is 4.74 Å². The molecule has 8 heteroatoms. The maximum absolute atomic E-state index is 12.9. The van der Waals surface area contributed by atoms with Gasteiger partial charge in [0.1, 0.15) is 18.2 Å². The van der Waals surface area contributed by atoms with Crippen molar-refractivity contribution >= 4 is 17.7 Å². The lowest BCUT2D eigenvalue weighted by atomic mass is 10.3. The van der Waals surface area contributed by atoms with Crippen LogP contribution in [0.1, 0.15) is 19.7 Å². The van der Waals surface area contributed by atoms with Crippen molar-refractivity contribution in [2.24, 2.45) is 0 Å². The maximum Gasteiger partial charge on any atom is 0.316 e. The average molecular weight is 339 g/mol. The second kappa shape index (κ2) is 8.52. The number of hydrogen-bond acceptors (Lipinski definition) is 6. The normalized spacial score (nSPS) is 10.6. The summed E-state index contributed by atoms with van der Waals surface area (Å²) in [5, 5.41) is 8.80. The first-order chi connectivity index (χ1) is 11.1. The molecule has 1 heterocycles. The zero-order valence-electron chi connectivity index (χ0n) is 13.0. The predicted octanol–water partition coefficient (Wildman–Crippen LogP) is 2.67. The molecule has 0 aliphatic rings. The van der Waals surface area contributed by atoms with Crippen molar-refractivity contribution in [2.75, 3.05) is 12.4 Å². The van der Waals surface area contributed by atoms with Crippen LogP contribution in [-0.2, 0) is 22.7 Å². The van der Waals surface area contributed by atoms with Crippen molar-refractivity contribution in [3.05, 3.63) is 35.9 Å². The highest BCUT2D eigenvalue weighted by Gasteiger charge is 2.14. The molecule has 0 spiro atoms. The fourth-order valence-corrected chi connectivity index (χ4v) is 2.67. The summed E-state index contributed by atoms with van der Waals surface area (Å²) in [5.74, 6) is 0.782. The van der Waals surface area contributed by atoms with Gasteiger partial charge in [-0.3, -0.25) is 4.79 Å². The summed E-state index contributed by atoms with van der Waals surface area (Å²) >= 11 is 1.27. The lowest BCUT2D eigenvalue weighted by Gasteiger charge is -2.08. The van der Waals surface area contributed by atoms with Crippen molar-refractivity contribution in [3.63, 3.8) is 0 Å². The number of thioether (sulfide) groups is 1. The number of benzene rings is 1. The summed E-state index contributed by atoms with van der Waals surface area (Å²) in [6.07, 6.45) is 0. The van der Waals surface area contributed by atoms with E-state index in [9.17, 15) is 9.18 Å². The molecule has 0 aliphatic heterocycles. The average Bonchev–Trinajstić information content (AvgIpc) is 2.94. The predicted molar refractivity (Wildman–Crippen MR) is 83.8 cm³/mol. The number of esters is 1. The van der Waals surface area contributed by atoms with Gasteiger partial charge in [0.05, 0.1) is 12.4 Å². The minimum atomic E-state index is -0.313. The summed E-state index contributed by atoms with van der Waals surface area (Å²) in [6, 6.07) is 5.78. The number of carbonyl (C=O) groups excluding carboxylic acids is 1. The number of halogens is 1. The first-order valence-corrected chi connectivity index (χ1v) is 8.21. The van der Waals surface area contributed by atoms with Gasteiger partial charge in [-0.1, -0.05) is 11.8 Å². The van der Waals surface area contributed by atoms with Gasteiger partial charge in [-0.25, -0.2) is 4.39 Å². The number of hydrogen-bond donors (Lipinski definition) is 0. The summed E-state index contributed by atoms with van der Waals surface area (Å²) in [5.41, 5.74) is 0. The van der Waals surface area contributed by atoms with E-state index in [0.29, 0.717) is 29.9 Å². The molecule has 23 heavy (non-hydrogen) atoms. The zero-order valence-corrected chi connectivity index (χ0v) is 13.8. The minimum absolute atomic E-state index is 0.185. The number of nitrogens with zero attached hydrogens (tertiary/aromatic N) is 3. The number of carbonyl (C=O) groups is 1. The highest BCUT2D eigenvalue weighted by molar-refractivity contribution is 7.99. The first-order valence-electron chi connectivity index (χ1n) is 7.22. The van der Waals surface area contributed by atoms with Crippen LogP contribution in [-0.4, -0.2) is 33.1 Å². The standard InChI is InChI=1S/C15H18FN3O3S/c1-3-19-13(9-22-12-7-5-11(16)6-8-12)17-18-15(19)23-10-14(20)21-4-2/h5-8H,3-4,9-10H2,1-2H3. The molecule has 124 valence electrons. The topological polar surface area (TPSA) is 66.2 Å². The highest BCUT2D eigenvalue weighted by atomic mass is 32.2. The van der Waals surface area contributed by atoms with Gasteiger partial charge in [-0.15, -0.1) is 10.2 Å². The molecule has 0 radical (unpaired) electrons. The van der Waals surface area contributed by atoms with Gasteiger partial charge in [0.2, 0.25) is 0 Å². The lowest BCUT2D eigenvalue weighted by molar-refractivity contribution is -0.139. The zero-order chi connectivity index (χ0) is 16.7. The Morgan fingerprint density at radius 3 is 2.65 bits per heavy atom. The van der Waals surface area contributed by atoms with Crippen LogP contribution in [0.4, 0.5) is 4.39 Å². The van der Waals surface area contributed by atoms with Crippen molar-refractivity contribution in [1.82, 2.24) is 14.8 Å². The Labute approximate surface area is 138 Å². The van der Waals surface area contributed by atoms with Crippen LogP contribution in [0, 0.1) is 5.82 Å². The van der Waals surface area contributed by atoms with Crippen molar-refractivity contribution < 1.29 is 18.7 Å². The van der Waals surface area contributed by atoms with E-state index in [1.807, 2.05) is 11.5 Å². The molecule has 2 aromatic rings. The number of rotatable bonds is 8. The Balaban J connectivity index is 1.97. The van der Waals surface area contributed by atoms with Crippen LogP contribution in [0.5, 0.6) is 5.75 Å². The monoisotopic (exact) mass is 339 g/mol. The molecule has 0 unspecified atom stereocenters. The third-order valence-corrected chi connectivity index (χ3v) is 3.86. The van der Waals surface area contributed by atoms with E-state index in [1.165, 1.54) is 23.9 Å². The Morgan fingerprint density at radius 1 is 1.26 bits per heavy atom. The van der Waals surface area contributed by atoms with Gasteiger partial charge in [-0.2, -0.15) is 0 Å². The van der Waals surface area contributed by atoms with Gasteiger partial charge in [0, 0.05) is 6.54 Å². The van der Waals surface area contributed by atoms with Crippen molar-refractivity contribution in [1.29, 1.82) is 0 Å². The van der Waals surface area contributed by atoms with Gasteiger partial charge in [0.25, 0.3) is 0 Å². The smallest absolute Gasteiger partial charge is 0.316 e. The molecule has 0 atom stereocenters. The molecule has 2 rings (SSSR count). The van der Waals surface area contributed by atoms with Crippen molar-refractivity contribution in [2.45, 2.75) is 32.2 Å². The molecule has 0 aliphatic carbocycles. The SMILES string of the molecule is CCOC(=O)CSc1nnc(COc2ccc(F)cc2)n1CC. The van der Waals surface area contributed by atoms with Crippen LogP contribution >= 0.6 is 11.8 Å². The van der Waals surface area contributed by atoms with E-state index in [2.05, 4.69) is 10.2 Å². The van der Waals surface area contributed by atoms with Crippen LogP contribution in [0.2, 0.25) is 0 Å². The molecule has 0 saturated heterocycles. The molecule has 0 N–H and O–H groups in total. The molecular weight excluding hydrogens is 321 g/mol. The van der Waals surface area contributed by atoms with Gasteiger partial charge in [-0.05, 0) is 38.1 Å².